The summed E-state index contributed by atoms with van der Waals surface area (Å²) in [7, 11) is 2.12. The van der Waals surface area contributed by atoms with Gasteiger partial charge in [-0.25, -0.2) is 4.39 Å². The first kappa shape index (κ1) is 15.4. The number of thioether (sulfide) groups is 1. The third-order valence-electron chi connectivity index (χ3n) is 3.48. The van der Waals surface area contributed by atoms with E-state index in [-0.39, 0.29) is 12.4 Å². The Bertz CT molecular complexity index is 503. The van der Waals surface area contributed by atoms with Gasteiger partial charge in [-0.3, -0.25) is 4.90 Å². The second-order valence-corrected chi connectivity index (χ2v) is 6.16. The Labute approximate surface area is 124 Å². The molecule has 0 amide bonds. The molecule has 1 N–H and O–H groups in total. The summed E-state index contributed by atoms with van der Waals surface area (Å²) in [5.41, 5.74) is 1.78. The average molecular weight is 293 g/mol. The van der Waals surface area contributed by atoms with Crippen LogP contribution in [0.4, 0.5) is 4.39 Å². The third kappa shape index (κ3) is 4.24. The van der Waals surface area contributed by atoms with Crippen molar-refractivity contribution in [3.8, 4) is 11.8 Å². The molecule has 1 atom stereocenters. The lowest BCUT2D eigenvalue weighted by molar-refractivity contribution is 0.254. The van der Waals surface area contributed by atoms with E-state index in [1.807, 2.05) is 17.8 Å². The molecule has 1 heterocycles. The predicted molar refractivity (Wildman–Crippen MR) is 82.2 cm³/mol. The smallest absolute Gasteiger partial charge is 0.124 e. The Balaban J connectivity index is 2.11. The quantitative estimate of drug-likeness (QED) is 0.863. The number of nitrogens with zero attached hydrogens (tertiary/aromatic N) is 1. The fourth-order valence-electron chi connectivity index (χ4n) is 2.28. The van der Waals surface area contributed by atoms with Crippen LogP contribution in [-0.2, 0) is 6.54 Å². The van der Waals surface area contributed by atoms with Gasteiger partial charge in [0.05, 0.1) is 6.61 Å². The van der Waals surface area contributed by atoms with E-state index in [4.69, 9.17) is 5.11 Å². The van der Waals surface area contributed by atoms with Gasteiger partial charge in [-0.2, -0.15) is 11.8 Å². The summed E-state index contributed by atoms with van der Waals surface area (Å²) in [4.78, 5) is 2.32. The molecule has 0 aromatic heterocycles. The summed E-state index contributed by atoms with van der Waals surface area (Å²) in [6.07, 6.45) is 1.64. The molecule has 1 aliphatic rings. The topological polar surface area (TPSA) is 23.5 Å². The van der Waals surface area contributed by atoms with Gasteiger partial charge in [0.2, 0.25) is 0 Å². The van der Waals surface area contributed by atoms with Gasteiger partial charge in [-0.05, 0) is 36.9 Å². The lowest BCUT2D eigenvalue weighted by Crippen LogP contribution is -2.31. The molecule has 1 saturated heterocycles. The minimum atomic E-state index is -0.263. The molecule has 2 rings (SSSR count). The van der Waals surface area contributed by atoms with Crippen LogP contribution in [0.1, 0.15) is 24.0 Å². The number of halogens is 1. The molecule has 0 radical (unpaired) electrons. The molecule has 20 heavy (non-hydrogen) atoms. The molecule has 0 spiro atoms. The zero-order valence-corrected chi connectivity index (χ0v) is 12.5. The first-order valence-electron chi connectivity index (χ1n) is 6.87. The SMILES string of the molecule is CN(Cc1ccc(F)cc1C#CCCO)C1CCSC1. The van der Waals surface area contributed by atoms with Gasteiger partial charge in [0.25, 0.3) is 0 Å². The van der Waals surface area contributed by atoms with Crippen LogP contribution in [0, 0.1) is 17.7 Å². The van der Waals surface area contributed by atoms with E-state index in [0.717, 1.165) is 17.7 Å². The first-order valence-corrected chi connectivity index (χ1v) is 8.02. The molecule has 0 saturated carbocycles. The second-order valence-electron chi connectivity index (χ2n) is 5.01. The Morgan fingerprint density at radius 1 is 1.50 bits per heavy atom. The normalized spacial score (nSPS) is 18.1. The number of rotatable bonds is 4. The zero-order chi connectivity index (χ0) is 14.4. The standard InChI is InChI=1S/C16H20FNOS/c1-18(16-7-9-20-12-16)11-14-5-6-15(17)10-13(14)4-2-3-8-19/h5-6,10,16,19H,3,7-9,11-12H2,1H3. The minimum Gasteiger partial charge on any atom is -0.395 e. The maximum absolute atomic E-state index is 13.4. The van der Waals surface area contributed by atoms with Gasteiger partial charge in [-0.1, -0.05) is 17.9 Å². The average Bonchev–Trinajstić information content (AvgIpc) is 2.96. The molecule has 1 aromatic rings. The summed E-state index contributed by atoms with van der Waals surface area (Å²) in [5, 5.41) is 8.77. The van der Waals surface area contributed by atoms with E-state index in [2.05, 4.69) is 23.8 Å². The van der Waals surface area contributed by atoms with Crippen molar-refractivity contribution >= 4 is 11.8 Å². The van der Waals surface area contributed by atoms with Gasteiger partial charge in [-0.15, -0.1) is 0 Å². The van der Waals surface area contributed by atoms with Gasteiger partial charge in [0, 0.05) is 30.3 Å². The highest BCUT2D eigenvalue weighted by Gasteiger charge is 2.20. The van der Waals surface area contributed by atoms with E-state index in [1.165, 1.54) is 30.1 Å². The highest BCUT2D eigenvalue weighted by atomic mass is 32.2. The monoisotopic (exact) mass is 293 g/mol. The number of aliphatic hydroxyl groups is 1. The molecule has 108 valence electrons. The highest BCUT2D eigenvalue weighted by Crippen LogP contribution is 2.23. The van der Waals surface area contributed by atoms with Gasteiger partial charge in [0.1, 0.15) is 5.82 Å². The number of benzene rings is 1. The maximum atomic E-state index is 13.4. The van der Waals surface area contributed by atoms with Crippen molar-refractivity contribution in [2.75, 3.05) is 25.2 Å². The van der Waals surface area contributed by atoms with Crippen LogP contribution >= 0.6 is 11.8 Å². The molecule has 2 nitrogen and oxygen atoms in total. The lowest BCUT2D eigenvalue weighted by Gasteiger charge is -2.24. The molecule has 1 aromatic carbocycles. The van der Waals surface area contributed by atoms with Crippen molar-refractivity contribution in [1.29, 1.82) is 0 Å². The number of hydrogen-bond acceptors (Lipinski definition) is 3. The summed E-state index contributed by atoms with van der Waals surface area (Å²) in [6.45, 7) is 0.825. The van der Waals surface area contributed by atoms with E-state index in [1.54, 1.807) is 0 Å². The molecular formula is C16H20FNOS. The van der Waals surface area contributed by atoms with Gasteiger partial charge in [0.15, 0.2) is 0 Å². The van der Waals surface area contributed by atoms with E-state index in [9.17, 15) is 4.39 Å². The highest BCUT2D eigenvalue weighted by molar-refractivity contribution is 7.99. The molecule has 1 unspecified atom stereocenters. The summed E-state index contributed by atoms with van der Waals surface area (Å²) in [5.74, 6) is 7.97. The third-order valence-corrected chi connectivity index (χ3v) is 4.63. The fraction of sp³-hybridized carbons (Fsp3) is 0.500. The largest absolute Gasteiger partial charge is 0.395 e. The van der Waals surface area contributed by atoms with Crippen molar-refractivity contribution in [2.24, 2.45) is 0 Å². The van der Waals surface area contributed by atoms with Crippen LogP contribution in [0.5, 0.6) is 0 Å². The van der Waals surface area contributed by atoms with Crippen molar-refractivity contribution < 1.29 is 9.50 Å². The van der Waals surface area contributed by atoms with E-state index >= 15 is 0 Å². The molecule has 0 aliphatic carbocycles. The number of hydrogen-bond donors (Lipinski definition) is 1. The first-order chi connectivity index (χ1) is 9.70. The summed E-state index contributed by atoms with van der Waals surface area (Å²) < 4.78 is 13.4. The molecule has 0 bridgehead atoms. The Kier molecular flexibility index (Phi) is 5.90. The van der Waals surface area contributed by atoms with Crippen LogP contribution in [0.25, 0.3) is 0 Å². The molecule has 1 fully saturated rings. The van der Waals surface area contributed by atoms with Crippen LogP contribution < -0.4 is 0 Å². The second kappa shape index (κ2) is 7.68. The lowest BCUT2D eigenvalue weighted by atomic mass is 10.1. The van der Waals surface area contributed by atoms with Crippen molar-refractivity contribution in [3.63, 3.8) is 0 Å². The summed E-state index contributed by atoms with van der Waals surface area (Å²) in [6, 6.07) is 5.39. The predicted octanol–water partition coefficient (Wildman–Crippen LogP) is 2.50. The Morgan fingerprint density at radius 2 is 2.35 bits per heavy atom. The molecule has 4 heteroatoms. The van der Waals surface area contributed by atoms with Crippen LogP contribution in [-0.4, -0.2) is 41.2 Å². The van der Waals surface area contributed by atoms with Crippen molar-refractivity contribution in [1.82, 2.24) is 4.90 Å². The maximum Gasteiger partial charge on any atom is 0.124 e. The Hall–Kier alpha value is -1.02. The molecular weight excluding hydrogens is 273 g/mol. The van der Waals surface area contributed by atoms with Crippen molar-refractivity contribution in [3.05, 3.63) is 35.1 Å². The number of aliphatic hydroxyl groups excluding tert-OH is 1. The zero-order valence-electron chi connectivity index (χ0n) is 11.7. The van der Waals surface area contributed by atoms with Crippen LogP contribution in [0.2, 0.25) is 0 Å². The van der Waals surface area contributed by atoms with E-state index < -0.39 is 0 Å². The van der Waals surface area contributed by atoms with Gasteiger partial charge < -0.3 is 5.11 Å². The van der Waals surface area contributed by atoms with Crippen LogP contribution in [0.15, 0.2) is 18.2 Å². The Morgan fingerprint density at radius 3 is 3.05 bits per heavy atom. The minimum absolute atomic E-state index is 0.0385. The fourth-order valence-corrected chi connectivity index (χ4v) is 3.58. The van der Waals surface area contributed by atoms with Crippen LogP contribution in [0.3, 0.4) is 0 Å². The van der Waals surface area contributed by atoms with Gasteiger partial charge >= 0.3 is 0 Å². The van der Waals surface area contributed by atoms with E-state index in [0.29, 0.717) is 12.5 Å². The van der Waals surface area contributed by atoms with Crippen molar-refractivity contribution in [2.45, 2.75) is 25.4 Å². The summed E-state index contributed by atoms with van der Waals surface area (Å²) >= 11 is 1.99. The molecule has 1 aliphatic heterocycles.